The smallest absolute Gasteiger partial charge is 0.253 e. The van der Waals surface area contributed by atoms with Gasteiger partial charge in [-0.15, -0.1) is 0 Å². The zero-order valence-corrected chi connectivity index (χ0v) is 16.0. The second-order valence-corrected chi connectivity index (χ2v) is 6.07. The highest BCUT2D eigenvalue weighted by atomic mass is 16.5. The molecule has 0 heterocycles. The van der Waals surface area contributed by atoms with Crippen LogP contribution in [-0.2, 0) is 11.2 Å². The molecule has 27 heavy (non-hydrogen) atoms. The topological polar surface area (TPSA) is 76.7 Å². The van der Waals surface area contributed by atoms with E-state index >= 15 is 0 Å². The Hall–Kier alpha value is -3.02. The van der Waals surface area contributed by atoms with Crippen molar-refractivity contribution in [1.29, 1.82) is 0 Å². The van der Waals surface area contributed by atoms with Gasteiger partial charge in [-0.05, 0) is 36.2 Å². The maximum absolute atomic E-state index is 12.5. The van der Waals surface area contributed by atoms with E-state index < -0.39 is 0 Å². The molecule has 2 aromatic rings. The number of benzene rings is 2. The molecule has 2 amide bonds. The third-order valence-electron chi connectivity index (χ3n) is 4.07. The Morgan fingerprint density at radius 1 is 1.00 bits per heavy atom. The van der Waals surface area contributed by atoms with E-state index in [2.05, 4.69) is 17.6 Å². The summed E-state index contributed by atoms with van der Waals surface area (Å²) in [5, 5.41) is 5.69. The highest BCUT2D eigenvalue weighted by Crippen LogP contribution is 2.27. The number of unbranched alkanes of at least 4 members (excludes halogenated alkanes) is 1. The number of rotatable bonds is 9. The summed E-state index contributed by atoms with van der Waals surface area (Å²) >= 11 is 0. The molecule has 2 aromatic carbocycles. The van der Waals surface area contributed by atoms with Crippen LogP contribution in [0.25, 0.3) is 0 Å². The van der Waals surface area contributed by atoms with Crippen LogP contribution in [0.15, 0.2) is 42.5 Å². The average Bonchev–Trinajstić information content (AvgIpc) is 2.68. The van der Waals surface area contributed by atoms with Crippen molar-refractivity contribution in [3.05, 3.63) is 53.6 Å². The van der Waals surface area contributed by atoms with Gasteiger partial charge >= 0.3 is 0 Å². The summed E-state index contributed by atoms with van der Waals surface area (Å²) in [4.78, 5) is 24.8. The van der Waals surface area contributed by atoms with Crippen molar-refractivity contribution >= 4 is 17.5 Å². The lowest BCUT2D eigenvalue weighted by Crippen LogP contribution is -2.26. The normalized spacial score (nSPS) is 10.2. The van der Waals surface area contributed by atoms with E-state index in [-0.39, 0.29) is 18.2 Å². The van der Waals surface area contributed by atoms with Crippen LogP contribution >= 0.6 is 0 Å². The van der Waals surface area contributed by atoms with E-state index in [1.165, 1.54) is 0 Å². The van der Waals surface area contributed by atoms with E-state index in [0.29, 0.717) is 29.3 Å². The zero-order valence-electron chi connectivity index (χ0n) is 16.0. The van der Waals surface area contributed by atoms with Crippen LogP contribution in [0.2, 0.25) is 0 Å². The molecule has 0 saturated heterocycles. The summed E-state index contributed by atoms with van der Waals surface area (Å²) in [6.07, 6.45) is 2.08. The molecule has 6 heteroatoms. The van der Waals surface area contributed by atoms with Crippen molar-refractivity contribution < 1.29 is 19.1 Å². The van der Waals surface area contributed by atoms with Crippen molar-refractivity contribution in [2.24, 2.45) is 0 Å². The number of carbonyl (C=O) groups is 2. The fraction of sp³-hybridized carbons (Fsp3) is 0.333. The molecule has 0 bridgehead atoms. The molecule has 0 fully saturated rings. The van der Waals surface area contributed by atoms with Crippen molar-refractivity contribution in [3.8, 4) is 11.5 Å². The minimum atomic E-state index is -0.212. The summed E-state index contributed by atoms with van der Waals surface area (Å²) in [7, 11) is 3.11. The number of nitrogens with one attached hydrogen (secondary N) is 2. The Bertz CT molecular complexity index is 790. The van der Waals surface area contributed by atoms with Crippen LogP contribution in [0.4, 0.5) is 5.69 Å². The van der Waals surface area contributed by atoms with Gasteiger partial charge in [0.15, 0.2) is 11.5 Å². The van der Waals surface area contributed by atoms with Crippen LogP contribution in [0.1, 0.15) is 35.7 Å². The SMILES string of the molecule is CCCCNC(=O)c1ccccc1NC(=O)Cc1ccc(OC)c(OC)c1. The van der Waals surface area contributed by atoms with Crippen LogP contribution in [0.3, 0.4) is 0 Å². The minimum Gasteiger partial charge on any atom is -0.493 e. The second-order valence-electron chi connectivity index (χ2n) is 6.07. The first kappa shape index (κ1) is 20.3. The molecule has 0 saturated carbocycles. The predicted octanol–water partition coefficient (Wildman–Crippen LogP) is 3.41. The second kappa shape index (κ2) is 10.2. The highest BCUT2D eigenvalue weighted by Gasteiger charge is 2.14. The highest BCUT2D eigenvalue weighted by molar-refractivity contribution is 6.04. The van der Waals surface area contributed by atoms with Gasteiger partial charge in [0.05, 0.1) is 31.9 Å². The van der Waals surface area contributed by atoms with E-state index in [0.717, 1.165) is 18.4 Å². The Labute approximate surface area is 159 Å². The Balaban J connectivity index is 2.07. The number of amides is 2. The molecule has 6 nitrogen and oxygen atoms in total. The van der Waals surface area contributed by atoms with Crippen molar-refractivity contribution in [2.75, 3.05) is 26.1 Å². The summed E-state index contributed by atoms with van der Waals surface area (Å²) < 4.78 is 10.5. The zero-order chi connectivity index (χ0) is 19.6. The van der Waals surface area contributed by atoms with Gasteiger partial charge in [-0.2, -0.15) is 0 Å². The summed E-state index contributed by atoms with van der Waals surface area (Å²) in [5.74, 6) is 0.774. The number of ether oxygens (including phenoxy) is 2. The lowest BCUT2D eigenvalue weighted by molar-refractivity contribution is -0.115. The number of carbonyl (C=O) groups excluding carboxylic acids is 2. The van der Waals surface area contributed by atoms with Gasteiger partial charge < -0.3 is 20.1 Å². The Morgan fingerprint density at radius 2 is 1.74 bits per heavy atom. The van der Waals surface area contributed by atoms with Crippen LogP contribution in [0.5, 0.6) is 11.5 Å². The standard InChI is InChI=1S/C21H26N2O4/c1-4-5-12-22-21(25)16-8-6-7-9-17(16)23-20(24)14-15-10-11-18(26-2)19(13-15)27-3/h6-11,13H,4-5,12,14H2,1-3H3,(H,22,25)(H,23,24). The third-order valence-corrected chi connectivity index (χ3v) is 4.07. The maximum atomic E-state index is 12.5. The fourth-order valence-corrected chi connectivity index (χ4v) is 2.63. The quantitative estimate of drug-likeness (QED) is 0.663. The molecule has 0 radical (unpaired) electrons. The van der Waals surface area contributed by atoms with E-state index in [4.69, 9.17) is 9.47 Å². The molecule has 0 atom stereocenters. The molecular formula is C21H26N2O4. The first-order chi connectivity index (χ1) is 13.1. The van der Waals surface area contributed by atoms with E-state index in [1.54, 1.807) is 50.6 Å². The number of para-hydroxylation sites is 1. The fourth-order valence-electron chi connectivity index (χ4n) is 2.63. The molecule has 0 aliphatic rings. The summed E-state index contributed by atoms with van der Waals surface area (Å²) in [5.41, 5.74) is 1.74. The first-order valence-electron chi connectivity index (χ1n) is 8.97. The van der Waals surface area contributed by atoms with E-state index in [9.17, 15) is 9.59 Å². The summed E-state index contributed by atoms with van der Waals surface area (Å²) in [6.45, 7) is 2.68. The number of anilines is 1. The molecule has 0 unspecified atom stereocenters. The molecular weight excluding hydrogens is 344 g/mol. The van der Waals surface area contributed by atoms with Gasteiger partial charge in [0, 0.05) is 6.54 Å². The molecule has 0 aromatic heterocycles. The molecule has 0 aliphatic carbocycles. The monoisotopic (exact) mass is 370 g/mol. The number of hydrogen-bond acceptors (Lipinski definition) is 4. The number of methoxy groups -OCH3 is 2. The van der Waals surface area contributed by atoms with Gasteiger partial charge in [0.25, 0.3) is 5.91 Å². The van der Waals surface area contributed by atoms with Crippen LogP contribution < -0.4 is 20.1 Å². The van der Waals surface area contributed by atoms with Gasteiger partial charge in [-0.3, -0.25) is 9.59 Å². The first-order valence-corrected chi connectivity index (χ1v) is 8.97. The van der Waals surface area contributed by atoms with Crippen LogP contribution in [0, 0.1) is 0 Å². The van der Waals surface area contributed by atoms with Crippen molar-refractivity contribution in [2.45, 2.75) is 26.2 Å². The van der Waals surface area contributed by atoms with Crippen LogP contribution in [-0.4, -0.2) is 32.6 Å². The van der Waals surface area contributed by atoms with Gasteiger partial charge in [-0.25, -0.2) is 0 Å². The minimum absolute atomic E-state index is 0.159. The molecule has 144 valence electrons. The lowest BCUT2D eigenvalue weighted by atomic mass is 10.1. The predicted molar refractivity (Wildman–Crippen MR) is 106 cm³/mol. The summed E-state index contributed by atoms with van der Waals surface area (Å²) in [6, 6.07) is 12.3. The lowest BCUT2D eigenvalue weighted by Gasteiger charge is -2.12. The van der Waals surface area contributed by atoms with Gasteiger partial charge in [-0.1, -0.05) is 31.5 Å². The molecule has 0 aliphatic heterocycles. The molecule has 0 spiro atoms. The third kappa shape index (κ3) is 5.74. The molecule has 2 rings (SSSR count). The Kier molecular flexibility index (Phi) is 7.67. The average molecular weight is 370 g/mol. The largest absolute Gasteiger partial charge is 0.493 e. The van der Waals surface area contributed by atoms with Crippen molar-refractivity contribution in [3.63, 3.8) is 0 Å². The Morgan fingerprint density at radius 3 is 2.44 bits per heavy atom. The van der Waals surface area contributed by atoms with E-state index in [1.807, 2.05) is 6.07 Å². The van der Waals surface area contributed by atoms with Crippen molar-refractivity contribution in [1.82, 2.24) is 5.32 Å². The van der Waals surface area contributed by atoms with Gasteiger partial charge in [0.1, 0.15) is 0 Å². The maximum Gasteiger partial charge on any atom is 0.253 e. The molecule has 2 N–H and O–H groups in total. The van der Waals surface area contributed by atoms with Gasteiger partial charge in [0.2, 0.25) is 5.91 Å². The number of hydrogen-bond donors (Lipinski definition) is 2.